The molecule has 102 valence electrons. The van der Waals surface area contributed by atoms with Crippen LogP contribution in [0.2, 0.25) is 5.15 Å². The molecule has 0 bridgehead atoms. The highest BCUT2D eigenvalue weighted by Gasteiger charge is 2.10. The van der Waals surface area contributed by atoms with Crippen LogP contribution in [0.4, 0.5) is 0 Å². The summed E-state index contributed by atoms with van der Waals surface area (Å²) in [4.78, 5) is 10.5. The number of ether oxygens (including phenoxy) is 1. The van der Waals surface area contributed by atoms with E-state index in [-0.39, 0.29) is 0 Å². The van der Waals surface area contributed by atoms with Crippen LogP contribution in [0.5, 0.6) is 5.88 Å². The van der Waals surface area contributed by atoms with Crippen molar-refractivity contribution in [2.75, 3.05) is 26.2 Å². The van der Waals surface area contributed by atoms with Gasteiger partial charge in [0, 0.05) is 6.54 Å². The summed E-state index contributed by atoms with van der Waals surface area (Å²) in [6.07, 6.45) is 3.30. The molecule has 5 heteroatoms. The van der Waals surface area contributed by atoms with Crippen molar-refractivity contribution in [3.05, 3.63) is 17.0 Å². The summed E-state index contributed by atoms with van der Waals surface area (Å²) in [7, 11) is 0. The zero-order valence-electron chi connectivity index (χ0n) is 11.4. The van der Waals surface area contributed by atoms with Crippen LogP contribution >= 0.6 is 11.6 Å². The molecule has 0 aliphatic heterocycles. The van der Waals surface area contributed by atoms with E-state index in [4.69, 9.17) is 16.3 Å². The Labute approximate surface area is 114 Å². The molecule has 1 aromatic rings. The van der Waals surface area contributed by atoms with Crippen molar-refractivity contribution in [2.45, 2.75) is 33.6 Å². The molecule has 0 aromatic carbocycles. The lowest BCUT2D eigenvalue weighted by molar-refractivity contribution is 0.216. The molecular formula is C13H22ClN3O. The Balaban J connectivity index is 2.58. The Kier molecular flexibility index (Phi) is 6.98. The fourth-order valence-corrected chi connectivity index (χ4v) is 1.99. The van der Waals surface area contributed by atoms with Crippen molar-refractivity contribution in [3.8, 4) is 5.88 Å². The normalized spacial score (nSPS) is 10.9. The standard InChI is InChI=1S/C13H22ClN3O/c1-4-7-11-12(14)15-10-16-13(11)18-9-8-17(5-2)6-3/h10H,4-9H2,1-3H3. The van der Waals surface area contributed by atoms with Gasteiger partial charge in [0.1, 0.15) is 18.1 Å². The zero-order valence-corrected chi connectivity index (χ0v) is 12.2. The second-order valence-corrected chi connectivity index (χ2v) is 4.43. The number of halogens is 1. The van der Waals surface area contributed by atoms with Gasteiger partial charge in [0.15, 0.2) is 0 Å². The van der Waals surface area contributed by atoms with E-state index in [9.17, 15) is 0 Å². The summed E-state index contributed by atoms with van der Waals surface area (Å²) in [5.41, 5.74) is 0.918. The molecule has 18 heavy (non-hydrogen) atoms. The van der Waals surface area contributed by atoms with E-state index in [1.807, 2.05) is 0 Å². The van der Waals surface area contributed by atoms with Crippen LogP contribution in [0.3, 0.4) is 0 Å². The van der Waals surface area contributed by atoms with Gasteiger partial charge in [0.05, 0.1) is 5.56 Å². The van der Waals surface area contributed by atoms with Gasteiger partial charge in [-0.2, -0.15) is 0 Å². The van der Waals surface area contributed by atoms with Gasteiger partial charge in [-0.25, -0.2) is 9.97 Å². The van der Waals surface area contributed by atoms with E-state index in [2.05, 4.69) is 35.6 Å². The number of aromatic nitrogens is 2. The predicted octanol–water partition coefficient (Wildman–Crippen LogP) is 2.80. The van der Waals surface area contributed by atoms with Gasteiger partial charge in [-0.05, 0) is 19.5 Å². The van der Waals surface area contributed by atoms with Crippen molar-refractivity contribution in [1.29, 1.82) is 0 Å². The van der Waals surface area contributed by atoms with Crippen LogP contribution in [-0.4, -0.2) is 41.1 Å². The number of hydrogen-bond donors (Lipinski definition) is 0. The quantitative estimate of drug-likeness (QED) is 0.682. The zero-order chi connectivity index (χ0) is 13.4. The van der Waals surface area contributed by atoms with Crippen LogP contribution in [0, 0.1) is 0 Å². The number of likely N-dealkylation sites (N-methyl/N-ethyl adjacent to an activating group) is 1. The van der Waals surface area contributed by atoms with Crippen molar-refractivity contribution < 1.29 is 4.74 Å². The first-order valence-corrected chi connectivity index (χ1v) is 6.95. The molecule has 0 unspecified atom stereocenters. The molecule has 0 atom stereocenters. The second kappa shape index (κ2) is 8.27. The van der Waals surface area contributed by atoms with Crippen LogP contribution in [0.25, 0.3) is 0 Å². The van der Waals surface area contributed by atoms with E-state index in [0.717, 1.165) is 38.0 Å². The van der Waals surface area contributed by atoms with Crippen molar-refractivity contribution in [1.82, 2.24) is 14.9 Å². The average molecular weight is 272 g/mol. The molecule has 0 aliphatic carbocycles. The van der Waals surface area contributed by atoms with Gasteiger partial charge in [-0.1, -0.05) is 38.8 Å². The molecule has 0 saturated heterocycles. The molecule has 4 nitrogen and oxygen atoms in total. The van der Waals surface area contributed by atoms with Gasteiger partial charge in [0.2, 0.25) is 5.88 Å². The Morgan fingerprint density at radius 3 is 2.56 bits per heavy atom. The Morgan fingerprint density at radius 2 is 1.94 bits per heavy atom. The van der Waals surface area contributed by atoms with E-state index in [1.54, 1.807) is 0 Å². The molecule has 0 N–H and O–H groups in total. The van der Waals surface area contributed by atoms with Crippen LogP contribution < -0.4 is 4.74 Å². The lowest BCUT2D eigenvalue weighted by Crippen LogP contribution is -2.28. The minimum Gasteiger partial charge on any atom is -0.476 e. The van der Waals surface area contributed by atoms with Gasteiger partial charge in [-0.3, -0.25) is 0 Å². The second-order valence-electron chi connectivity index (χ2n) is 4.07. The lowest BCUT2D eigenvalue weighted by Gasteiger charge is -2.18. The predicted molar refractivity (Wildman–Crippen MR) is 74.3 cm³/mol. The summed E-state index contributed by atoms with van der Waals surface area (Å²) in [6.45, 7) is 9.99. The highest BCUT2D eigenvalue weighted by Crippen LogP contribution is 2.23. The van der Waals surface area contributed by atoms with Gasteiger partial charge in [-0.15, -0.1) is 0 Å². The molecule has 1 heterocycles. The van der Waals surface area contributed by atoms with E-state index in [1.165, 1.54) is 6.33 Å². The minimum atomic E-state index is 0.504. The topological polar surface area (TPSA) is 38.3 Å². The molecule has 0 radical (unpaired) electrons. The molecular weight excluding hydrogens is 250 g/mol. The Bertz CT molecular complexity index is 356. The van der Waals surface area contributed by atoms with Crippen molar-refractivity contribution >= 4 is 11.6 Å². The number of rotatable bonds is 8. The summed E-state index contributed by atoms with van der Waals surface area (Å²) >= 11 is 6.06. The maximum Gasteiger partial charge on any atom is 0.221 e. The molecule has 0 amide bonds. The van der Waals surface area contributed by atoms with E-state index in [0.29, 0.717) is 17.6 Å². The maximum absolute atomic E-state index is 6.06. The van der Waals surface area contributed by atoms with Gasteiger partial charge >= 0.3 is 0 Å². The van der Waals surface area contributed by atoms with Crippen LogP contribution in [-0.2, 0) is 6.42 Å². The van der Waals surface area contributed by atoms with Crippen molar-refractivity contribution in [3.63, 3.8) is 0 Å². The van der Waals surface area contributed by atoms with E-state index < -0.39 is 0 Å². The molecule has 0 spiro atoms. The fraction of sp³-hybridized carbons (Fsp3) is 0.692. The largest absolute Gasteiger partial charge is 0.476 e. The highest BCUT2D eigenvalue weighted by molar-refractivity contribution is 6.30. The molecule has 0 saturated carbocycles. The van der Waals surface area contributed by atoms with Gasteiger partial charge in [0.25, 0.3) is 0 Å². The first-order valence-electron chi connectivity index (χ1n) is 6.57. The molecule has 1 rings (SSSR count). The minimum absolute atomic E-state index is 0.504. The summed E-state index contributed by atoms with van der Waals surface area (Å²) in [5, 5.41) is 0.504. The summed E-state index contributed by atoms with van der Waals surface area (Å²) < 4.78 is 5.73. The summed E-state index contributed by atoms with van der Waals surface area (Å²) in [5.74, 6) is 0.629. The highest BCUT2D eigenvalue weighted by atomic mass is 35.5. The fourth-order valence-electron chi connectivity index (χ4n) is 1.77. The SMILES string of the molecule is CCCc1c(Cl)ncnc1OCCN(CC)CC. The Hall–Kier alpha value is -0.870. The van der Waals surface area contributed by atoms with E-state index >= 15 is 0 Å². The maximum atomic E-state index is 6.06. The molecule has 0 aliphatic rings. The lowest BCUT2D eigenvalue weighted by atomic mass is 10.2. The van der Waals surface area contributed by atoms with Crippen LogP contribution in [0.15, 0.2) is 6.33 Å². The number of hydrogen-bond acceptors (Lipinski definition) is 4. The van der Waals surface area contributed by atoms with Crippen LogP contribution in [0.1, 0.15) is 32.8 Å². The molecule has 1 aromatic heterocycles. The monoisotopic (exact) mass is 271 g/mol. The van der Waals surface area contributed by atoms with Crippen molar-refractivity contribution in [2.24, 2.45) is 0 Å². The average Bonchev–Trinajstić information content (AvgIpc) is 2.38. The summed E-state index contributed by atoms with van der Waals surface area (Å²) in [6, 6.07) is 0. The third-order valence-corrected chi connectivity index (χ3v) is 3.22. The number of nitrogens with zero attached hydrogens (tertiary/aromatic N) is 3. The third kappa shape index (κ3) is 4.42. The smallest absolute Gasteiger partial charge is 0.221 e. The third-order valence-electron chi connectivity index (χ3n) is 2.89. The van der Waals surface area contributed by atoms with Gasteiger partial charge < -0.3 is 9.64 Å². The molecule has 0 fully saturated rings. The Morgan fingerprint density at radius 1 is 1.22 bits per heavy atom. The first kappa shape index (κ1) is 15.2. The first-order chi connectivity index (χ1) is 8.72.